The molecule has 1 aromatic carbocycles. The van der Waals surface area contributed by atoms with E-state index in [1.165, 1.54) is 16.7 Å². The van der Waals surface area contributed by atoms with Crippen LogP contribution in [0.1, 0.15) is 37.5 Å². The smallest absolute Gasteiger partial charge is 0.0474 e. The van der Waals surface area contributed by atoms with Crippen LogP contribution in [0.25, 0.3) is 0 Å². The van der Waals surface area contributed by atoms with Crippen molar-refractivity contribution < 1.29 is 5.11 Å². The third-order valence-electron chi connectivity index (χ3n) is 3.32. The van der Waals surface area contributed by atoms with Crippen molar-refractivity contribution in [2.24, 2.45) is 11.7 Å². The van der Waals surface area contributed by atoms with E-state index in [1.54, 1.807) is 0 Å². The van der Waals surface area contributed by atoms with Gasteiger partial charge in [0.2, 0.25) is 0 Å². The number of nitrogens with two attached hydrogens (primary N) is 1. The molecule has 2 nitrogen and oxygen atoms in total. The van der Waals surface area contributed by atoms with E-state index < -0.39 is 0 Å². The Balaban J connectivity index is 2.98. The lowest BCUT2D eigenvalue weighted by Crippen LogP contribution is -2.21. The van der Waals surface area contributed by atoms with Crippen LogP contribution in [0.3, 0.4) is 0 Å². The molecule has 96 valence electrons. The molecular formula is C15H25NO. The fraction of sp³-hybridized carbons (Fsp3) is 0.600. The van der Waals surface area contributed by atoms with E-state index >= 15 is 0 Å². The Morgan fingerprint density at radius 2 is 1.94 bits per heavy atom. The number of rotatable bonds is 4. The first kappa shape index (κ1) is 14.2. The molecule has 0 saturated carbocycles. The van der Waals surface area contributed by atoms with Gasteiger partial charge in [0.1, 0.15) is 0 Å². The number of aliphatic hydroxyl groups is 1. The minimum Gasteiger partial charge on any atom is -0.396 e. The number of aliphatic hydroxyl groups excluding tert-OH is 1. The van der Waals surface area contributed by atoms with Gasteiger partial charge in [-0.25, -0.2) is 0 Å². The minimum atomic E-state index is 0.162. The Kier molecular flexibility index (Phi) is 4.72. The van der Waals surface area contributed by atoms with Crippen molar-refractivity contribution in [3.63, 3.8) is 0 Å². The van der Waals surface area contributed by atoms with Crippen LogP contribution in [0.15, 0.2) is 18.2 Å². The maximum atomic E-state index is 9.23. The number of aryl methyl sites for hydroxylation is 1. The van der Waals surface area contributed by atoms with Gasteiger partial charge in [-0.3, -0.25) is 0 Å². The van der Waals surface area contributed by atoms with Gasteiger partial charge < -0.3 is 10.8 Å². The second-order valence-corrected chi connectivity index (χ2v) is 5.88. The Bertz CT molecular complexity index is 362. The zero-order valence-corrected chi connectivity index (χ0v) is 11.5. The van der Waals surface area contributed by atoms with Gasteiger partial charge in [-0.2, -0.15) is 0 Å². The predicted octanol–water partition coefficient (Wildman–Crippen LogP) is 2.40. The zero-order chi connectivity index (χ0) is 13.1. The van der Waals surface area contributed by atoms with Crippen molar-refractivity contribution in [1.82, 2.24) is 0 Å². The van der Waals surface area contributed by atoms with Crippen LogP contribution in [0.4, 0.5) is 0 Å². The van der Waals surface area contributed by atoms with Gasteiger partial charge in [-0.05, 0) is 47.9 Å². The van der Waals surface area contributed by atoms with Crippen LogP contribution in [-0.2, 0) is 11.8 Å². The normalized spacial score (nSPS) is 13.8. The predicted molar refractivity (Wildman–Crippen MR) is 73.2 cm³/mol. The van der Waals surface area contributed by atoms with Gasteiger partial charge in [0, 0.05) is 6.61 Å². The molecule has 2 heteroatoms. The molecule has 0 bridgehead atoms. The molecule has 0 radical (unpaired) electrons. The molecule has 1 unspecified atom stereocenters. The van der Waals surface area contributed by atoms with Gasteiger partial charge in [0.05, 0.1) is 0 Å². The Morgan fingerprint density at radius 3 is 2.41 bits per heavy atom. The van der Waals surface area contributed by atoms with E-state index in [2.05, 4.69) is 45.9 Å². The van der Waals surface area contributed by atoms with Crippen molar-refractivity contribution in [2.75, 3.05) is 13.2 Å². The van der Waals surface area contributed by atoms with E-state index in [4.69, 9.17) is 5.73 Å². The third-order valence-corrected chi connectivity index (χ3v) is 3.32. The summed E-state index contributed by atoms with van der Waals surface area (Å²) in [6, 6.07) is 6.61. The van der Waals surface area contributed by atoms with Crippen LogP contribution < -0.4 is 5.73 Å². The molecule has 0 aliphatic carbocycles. The molecule has 0 spiro atoms. The standard InChI is InChI=1S/C15H25NO/c1-11-5-6-14(15(2,3)4)8-13(11)7-12(9-16)10-17/h5-6,8,12,17H,7,9-10,16H2,1-4H3. The SMILES string of the molecule is Cc1ccc(C(C)(C)C)cc1CC(CN)CO. The average molecular weight is 235 g/mol. The first-order valence-electron chi connectivity index (χ1n) is 6.29. The molecule has 0 fully saturated rings. The summed E-state index contributed by atoms with van der Waals surface area (Å²) in [4.78, 5) is 0. The quantitative estimate of drug-likeness (QED) is 0.842. The van der Waals surface area contributed by atoms with Crippen LogP contribution in [0.5, 0.6) is 0 Å². The highest BCUT2D eigenvalue weighted by atomic mass is 16.3. The summed E-state index contributed by atoms with van der Waals surface area (Å²) >= 11 is 0. The van der Waals surface area contributed by atoms with E-state index in [0.29, 0.717) is 6.54 Å². The lowest BCUT2D eigenvalue weighted by Gasteiger charge is -2.22. The Hall–Kier alpha value is -0.860. The van der Waals surface area contributed by atoms with E-state index in [-0.39, 0.29) is 17.9 Å². The van der Waals surface area contributed by atoms with Gasteiger partial charge in [-0.15, -0.1) is 0 Å². The molecule has 0 aliphatic rings. The lowest BCUT2D eigenvalue weighted by atomic mass is 9.84. The molecule has 0 heterocycles. The maximum absolute atomic E-state index is 9.23. The van der Waals surface area contributed by atoms with Gasteiger partial charge >= 0.3 is 0 Å². The van der Waals surface area contributed by atoms with Gasteiger partial charge in [-0.1, -0.05) is 39.0 Å². The summed E-state index contributed by atoms with van der Waals surface area (Å²) in [5.74, 6) is 0.170. The highest BCUT2D eigenvalue weighted by molar-refractivity contribution is 5.34. The number of hydrogen-bond donors (Lipinski definition) is 2. The Morgan fingerprint density at radius 1 is 1.29 bits per heavy atom. The fourth-order valence-corrected chi connectivity index (χ4v) is 1.89. The fourth-order valence-electron chi connectivity index (χ4n) is 1.89. The lowest BCUT2D eigenvalue weighted by molar-refractivity contribution is 0.229. The second-order valence-electron chi connectivity index (χ2n) is 5.88. The topological polar surface area (TPSA) is 46.2 Å². The van der Waals surface area contributed by atoms with Crippen LogP contribution in [0, 0.1) is 12.8 Å². The molecule has 0 amide bonds. The number of hydrogen-bond acceptors (Lipinski definition) is 2. The largest absolute Gasteiger partial charge is 0.396 e. The molecule has 1 atom stereocenters. The van der Waals surface area contributed by atoms with Crippen LogP contribution >= 0.6 is 0 Å². The first-order valence-corrected chi connectivity index (χ1v) is 6.29. The van der Waals surface area contributed by atoms with Crippen LogP contribution in [-0.4, -0.2) is 18.3 Å². The van der Waals surface area contributed by atoms with E-state index in [9.17, 15) is 5.11 Å². The second kappa shape index (κ2) is 5.65. The van der Waals surface area contributed by atoms with E-state index in [1.807, 2.05) is 0 Å². The minimum absolute atomic E-state index is 0.162. The highest BCUT2D eigenvalue weighted by Gasteiger charge is 2.16. The Labute approximate surface area is 105 Å². The summed E-state index contributed by atoms with van der Waals surface area (Å²) in [6.07, 6.45) is 0.864. The molecule has 1 rings (SSSR count). The summed E-state index contributed by atoms with van der Waals surface area (Å²) in [7, 11) is 0. The number of benzene rings is 1. The monoisotopic (exact) mass is 235 g/mol. The van der Waals surface area contributed by atoms with Crippen molar-refractivity contribution in [3.05, 3.63) is 34.9 Å². The van der Waals surface area contributed by atoms with Crippen molar-refractivity contribution in [2.45, 2.75) is 39.5 Å². The first-order chi connectivity index (χ1) is 7.88. The maximum Gasteiger partial charge on any atom is 0.0474 e. The molecular weight excluding hydrogens is 210 g/mol. The molecule has 17 heavy (non-hydrogen) atoms. The third kappa shape index (κ3) is 3.83. The van der Waals surface area contributed by atoms with Crippen molar-refractivity contribution in [1.29, 1.82) is 0 Å². The summed E-state index contributed by atoms with van der Waals surface area (Å²) in [5, 5.41) is 9.23. The molecule has 0 aliphatic heterocycles. The van der Waals surface area contributed by atoms with Crippen molar-refractivity contribution in [3.8, 4) is 0 Å². The molecule has 3 N–H and O–H groups in total. The van der Waals surface area contributed by atoms with Crippen molar-refractivity contribution >= 4 is 0 Å². The molecule has 0 saturated heterocycles. The summed E-state index contributed by atoms with van der Waals surface area (Å²) < 4.78 is 0. The molecule has 0 aromatic heterocycles. The zero-order valence-electron chi connectivity index (χ0n) is 11.5. The van der Waals surface area contributed by atoms with Gasteiger partial charge in [0.25, 0.3) is 0 Å². The average Bonchev–Trinajstić information content (AvgIpc) is 2.26. The summed E-state index contributed by atoms with van der Waals surface area (Å²) in [6.45, 7) is 9.47. The van der Waals surface area contributed by atoms with Crippen LogP contribution in [0.2, 0.25) is 0 Å². The van der Waals surface area contributed by atoms with E-state index in [0.717, 1.165) is 6.42 Å². The summed E-state index contributed by atoms with van der Waals surface area (Å²) in [5.41, 5.74) is 9.74. The molecule has 1 aromatic rings. The highest BCUT2D eigenvalue weighted by Crippen LogP contribution is 2.25. The van der Waals surface area contributed by atoms with Gasteiger partial charge in [0.15, 0.2) is 0 Å².